The van der Waals surface area contributed by atoms with E-state index in [1.807, 2.05) is 6.92 Å². The van der Waals surface area contributed by atoms with E-state index in [0.717, 1.165) is 5.56 Å². The van der Waals surface area contributed by atoms with E-state index in [9.17, 15) is 13.7 Å². The number of aryl methyl sites for hydroxylation is 1. The zero-order valence-electron chi connectivity index (χ0n) is 15.7. The zero-order chi connectivity index (χ0) is 20.1. The highest BCUT2D eigenvalue weighted by Gasteiger charge is 2.26. The van der Waals surface area contributed by atoms with Crippen molar-refractivity contribution in [1.82, 2.24) is 0 Å². The molecule has 0 atom stereocenters. The van der Waals surface area contributed by atoms with Crippen molar-refractivity contribution < 1.29 is 13.2 Å². The average Bonchev–Trinajstić information content (AvgIpc) is 2.72. The van der Waals surface area contributed by atoms with E-state index in [1.54, 1.807) is 79.9 Å². The monoisotopic (exact) mass is 392 g/mol. The number of anilines is 1. The van der Waals surface area contributed by atoms with Gasteiger partial charge >= 0.3 is 0 Å². The van der Waals surface area contributed by atoms with Gasteiger partial charge in [0.1, 0.15) is 5.75 Å². The zero-order valence-corrected chi connectivity index (χ0v) is 16.5. The molecule has 28 heavy (non-hydrogen) atoms. The summed E-state index contributed by atoms with van der Waals surface area (Å²) in [5, 5.41) is 9.39. The van der Waals surface area contributed by atoms with Gasteiger partial charge in [-0.2, -0.15) is 5.26 Å². The minimum absolute atomic E-state index is 0.0479. The number of hydrogen-bond donors (Lipinski definition) is 0. The number of hydrogen-bond acceptors (Lipinski definition) is 4. The highest BCUT2D eigenvalue weighted by atomic mass is 32.2. The largest absolute Gasteiger partial charge is 0.497 e. The number of methoxy groups -OCH3 is 1. The molecule has 0 aromatic heterocycles. The molecule has 0 unspecified atom stereocenters. The van der Waals surface area contributed by atoms with Gasteiger partial charge < -0.3 is 4.74 Å². The third-order valence-corrected chi connectivity index (χ3v) is 6.21. The summed E-state index contributed by atoms with van der Waals surface area (Å²) >= 11 is 0. The molecule has 0 N–H and O–H groups in total. The molecular formula is C22H20N2O3S. The Labute approximate surface area is 165 Å². The third-order valence-electron chi connectivity index (χ3n) is 4.42. The van der Waals surface area contributed by atoms with Crippen molar-refractivity contribution in [2.75, 3.05) is 11.4 Å². The molecule has 0 aliphatic heterocycles. The fourth-order valence-corrected chi connectivity index (χ4v) is 4.27. The van der Waals surface area contributed by atoms with Crippen molar-refractivity contribution in [2.45, 2.75) is 18.4 Å². The first-order valence-electron chi connectivity index (χ1n) is 8.67. The molecule has 0 fully saturated rings. The standard InChI is InChI=1S/C22H20N2O3S/c1-17-7-13-22(14-8-17)28(25,26)24(20-9-11-21(27-2)12-10-20)16-19-6-4-3-5-18(19)15-23/h3-14H,16H2,1-2H3. The van der Waals surface area contributed by atoms with E-state index < -0.39 is 10.0 Å². The van der Waals surface area contributed by atoms with Crippen LogP contribution in [0.4, 0.5) is 5.69 Å². The Kier molecular flexibility index (Phi) is 5.67. The second kappa shape index (κ2) is 8.15. The first-order chi connectivity index (χ1) is 13.5. The van der Waals surface area contributed by atoms with Crippen LogP contribution in [0.5, 0.6) is 5.75 Å². The second-order valence-electron chi connectivity index (χ2n) is 6.29. The van der Waals surface area contributed by atoms with Crippen molar-refractivity contribution in [3.63, 3.8) is 0 Å². The number of rotatable bonds is 6. The third kappa shape index (κ3) is 4.00. The van der Waals surface area contributed by atoms with Crippen LogP contribution < -0.4 is 9.04 Å². The summed E-state index contributed by atoms with van der Waals surface area (Å²) in [6.07, 6.45) is 0. The highest BCUT2D eigenvalue weighted by molar-refractivity contribution is 7.92. The average molecular weight is 392 g/mol. The maximum absolute atomic E-state index is 13.4. The summed E-state index contributed by atoms with van der Waals surface area (Å²) in [5.74, 6) is 0.633. The van der Waals surface area contributed by atoms with Gasteiger partial charge in [-0.05, 0) is 55.0 Å². The van der Waals surface area contributed by atoms with Crippen LogP contribution in [0, 0.1) is 18.3 Å². The summed E-state index contributed by atoms with van der Waals surface area (Å²) in [7, 11) is -2.28. The van der Waals surface area contributed by atoms with Crippen molar-refractivity contribution >= 4 is 15.7 Å². The fraction of sp³-hybridized carbons (Fsp3) is 0.136. The molecule has 3 aromatic rings. The lowest BCUT2D eigenvalue weighted by molar-refractivity contribution is 0.415. The van der Waals surface area contributed by atoms with Crippen molar-refractivity contribution in [3.05, 3.63) is 89.5 Å². The lowest BCUT2D eigenvalue weighted by atomic mass is 10.1. The molecule has 142 valence electrons. The molecule has 0 bridgehead atoms. The van der Waals surface area contributed by atoms with E-state index in [1.165, 1.54) is 4.31 Å². The number of nitrogens with zero attached hydrogens (tertiary/aromatic N) is 2. The Morgan fingerprint density at radius 2 is 1.61 bits per heavy atom. The van der Waals surface area contributed by atoms with Gasteiger partial charge in [-0.1, -0.05) is 35.9 Å². The minimum Gasteiger partial charge on any atom is -0.497 e. The summed E-state index contributed by atoms with van der Waals surface area (Å²) in [4.78, 5) is 0.198. The van der Waals surface area contributed by atoms with Crippen molar-refractivity contribution in [1.29, 1.82) is 5.26 Å². The van der Waals surface area contributed by atoms with Gasteiger partial charge in [-0.3, -0.25) is 4.31 Å². The number of nitriles is 1. The summed E-state index contributed by atoms with van der Waals surface area (Å²) < 4.78 is 33.3. The molecule has 3 aromatic carbocycles. The van der Waals surface area contributed by atoms with E-state index in [4.69, 9.17) is 4.74 Å². The van der Waals surface area contributed by atoms with Crippen molar-refractivity contribution in [2.24, 2.45) is 0 Å². The Balaban J connectivity index is 2.10. The van der Waals surface area contributed by atoms with Crippen LogP contribution in [0.1, 0.15) is 16.7 Å². The molecule has 3 rings (SSSR count). The van der Waals surface area contributed by atoms with Crippen LogP contribution in [0.15, 0.2) is 77.7 Å². The molecule has 5 nitrogen and oxygen atoms in total. The van der Waals surface area contributed by atoms with Gasteiger partial charge in [0.2, 0.25) is 0 Å². The van der Waals surface area contributed by atoms with Gasteiger partial charge in [0.15, 0.2) is 0 Å². The van der Waals surface area contributed by atoms with Gasteiger partial charge in [-0.25, -0.2) is 8.42 Å². The SMILES string of the molecule is COc1ccc(N(Cc2ccccc2C#N)S(=O)(=O)c2ccc(C)cc2)cc1. The number of sulfonamides is 1. The van der Waals surface area contributed by atoms with Gasteiger partial charge in [0, 0.05) is 0 Å². The Morgan fingerprint density at radius 3 is 2.21 bits per heavy atom. The van der Waals surface area contributed by atoms with Crippen LogP contribution in [0.2, 0.25) is 0 Å². The summed E-state index contributed by atoms with van der Waals surface area (Å²) in [5.41, 5.74) is 2.55. The van der Waals surface area contributed by atoms with Gasteiger partial charge in [0.05, 0.1) is 35.9 Å². The van der Waals surface area contributed by atoms with E-state index >= 15 is 0 Å². The smallest absolute Gasteiger partial charge is 0.264 e. The van der Waals surface area contributed by atoms with E-state index in [2.05, 4.69) is 6.07 Å². The normalized spacial score (nSPS) is 10.9. The highest BCUT2D eigenvalue weighted by Crippen LogP contribution is 2.28. The number of ether oxygens (including phenoxy) is 1. The predicted molar refractivity (Wildman–Crippen MR) is 109 cm³/mol. The first-order valence-corrected chi connectivity index (χ1v) is 10.1. The van der Waals surface area contributed by atoms with Crippen LogP contribution in [0.3, 0.4) is 0 Å². The van der Waals surface area contributed by atoms with Crippen LogP contribution in [0.25, 0.3) is 0 Å². The molecule has 0 radical (unpaired) electrons. The molecule has 0 spiro atoms. The maximum Gasteiger partial charge on any atom is 0.264 e. The molecule has 0 saturated carbocycles. The summed E-state index contributed by atoms with van der Waals surface area (Å²) in [6.45, 7) is 1.95. The molecule has 0 amide bonds. The van der Waals surface area contributed by atoms with Crippen LogP contribution in [-0.4, -0.2) is 15.5 Å². The molecule has 0 aliphatic carbocycles. The fourth-order valence-electron chi connectivity index (χ4n) is 2.82. The topological polar surface area (TPSA) is 70.4 Å². The lowest BCUT2D eigenvalue weighted by Crippen LogP contribution is -2.30. The lowest BCUT2D eigenvalue weighted by Gasteiger charge is -2.25. The van der Waals surface area contributed by atoms with Crippen LogP contribution in [-0.2, 0) is 16.6 Å². The Hall–Kier alpha value is -3.30. The van der Waals surface area contributed by atoms with Gasteiger partial charge in [-0.15, -0.1) is 0 Å². The maximum atomic E-state index is 13.4. The summed E-state index contributed by atoms with van der Waals surface area (Å²) in [6, 6.07) is 22.7. The molecule has 6 heteroatoms. The second-order valence-corrected chi connectivity index (χ2v) is 8.15. The van der Waals surface area contributed by atoms with E-state index in [-0.39, 0.29) is 11.4 Å². The molecular weight excluding hydrogens is 372 g/mol. The molecule has 0 aliphatic rings. The quantitative estimate of drug-likeness (QED) is 0.628. The van der Waals surface area contributed by atoms with Gasteiger partial charge in [0.25, 0.3) is 10.0 Å². The first kappa shape index (κ1) is 19.5. The Morgan fingerprint density at radius 1 is 0.964 bits per heavy atom. The predicted octanol–water partition coefficient (Wildman–Crippen LogP) is 4.27. The van der Waals surface area contributed by atoms with E-state index in [0.29, 0.717) is 22.6 Å². The Bertz CT molecular complexity index is 1100. The number of benzene rings is 3. The molecule has 0 heterocycles. The van der Waals surface area contributed by atoms with Crippen molar-refractivity contribution in [3.8, 4) is 11.8 Å². The minimum atomic E-state index is -3.83. The molecule has 0 saturated heterocycles. The van der Waals surface area contributed by atoms with Crippen LogP contribution >= 0.6 is 0 Å².